The molecule has 1 aromatic heterocycles. The van der Waals surface area contributed by atoms with E-state index in [0.717, 1.165) is 43.4 Å². The Morgan fingerprint density at radius 2 is 2.05 bits per heavy atom. The minimum Gasteiger partial charge on any atom is -0.478 e. The summed E-state index contributed by atoms with van der Waals surface area (Å²) in [6.45, 7) is 2.08. The molecule has 3 N–H and O–H groups in total. The van der Waals surface area contributed by atoms with Crippen molar-refractivity contribution in [1.82, 2.24) is 10.3 Å². The lowest BCUT2D eigenvalue weighted by molar-refractivity contribution is -0.131. The van der Waals surface area contributed by atoms with Crippen LogP contribution >= 0.6 is 24.8 Å². The van der Waals surface area contributed by atoms with Crippen molar-refractivity contribution in [3.8, 4) is 0 Å². The van der Waals surface area contributed by atoms with Crippen LogP contribution in [0.5, 0.6) is 0 Å². The van der Waals surface area contributed by atoms with Crippen molar-refractivity contribution < 1.29 is 9.90 Å². The summed E-state index contributed by atoms with van der Waals surface area (Å²) in [7, 11) is 0. The Kier molecular flexibility index (Phi) is 8.96. The molecule has 0 bridgehead atoms. The van der Waals surface area contributed by atoms with Gasteiger partial charge in [-0.15, -0.1) is 24.8 Å². The Balaban J connectivity index is 0.00000180. The summed E-state index contributed by atoms with van der Waals surface area (Å²) in [5.41, 5.74) is 0.785. The number of carboxylic acid groups (broad SMARTS) is 1. The van der Waals surface area contributed by atoms with Gasteiger partial charge in [-0.1, -0.05) is 0 Å². The molecule has 1 aliphatic rings. The minimum absolute atomic E-state index is 0. The maximum absolute atomic E-state index is 10.4. The Hall–Kier alpha value is -1.30. The number of nitrogens with zero attached hydrogens (tertiary/aromatic N) is 1. The number of rotatable bonds is 4. The molecule has 2 heterocycles. The molecule has 1 saturated heterocycles. The van der Waals surface area contributed by atoms with E-state index in [4.69, 9.17) is 5.11 Å². The van der Waals surface area contributed by atoms with E-state index in [9.17, 15) is 4.79 Å². The highest BCUT2D eigenvalue weighted by Crippen LogP contribution is 2.12. The van der Waals surface area contributed by atoms with Crippen LogP contribution in [0.1, 0.15) is 18.4 Å². The van der Waals surface area contributed by atoms with Crippen LogP contribution in [0, 0.1) is 0 Å². The number of anilines is 1. The molecule has 5 nitrogen and oxygen atoms in total. The van der Waals surface area contributed by atoms with Gasteiger partial charge in [0.05, 0.1) is 0 Å². The highest BCUT2D eigenvalue weighted by atomic mass is 35.5. The first kappa shape index (κ1) is 18.7. The third-order valence-corrected chi connectivity index (χ3v) is 2.90. The second-order valence-corrected chi connectivity index (χ2v) is 4.32. The fourth-order valence-corrected chi connectivity index (χ4v) is 1.93. The molecule has 20 heavy (non-hydrogen) atoms. The average molecular weight is 320 g/mol. The predicted octanol–water partition coefficient (Wildman–Crippen LogP) is 2.19. The molecule has 0 aliphatic carbocycles. The topological polar surface area (TPSA) is 74.2 Å². The van der Waals surface area contributed by atoms with E-state index in [2.05, 4.69) is 15.6 Å². The number of hydrogen-bond donors (Lipinski definition) is 3. The summed E-state index contributed by atoms with van der Waals surface area (Å²) < 4.78 is 0. The highest BCUT2D eigenvalue weighted by Gasteiger charge is 2.12. The lowest BCUT2D eigenvalue weighted by Gasteiger charge is -2.24. The maximum atomic E-state index is 10.4. The number of pyridine rings is 1. The molecular weight excluding hydrogens is 301 g/mol. The van der Waals surface area contributed by atoms with Crippen molar-refractivity contribution in [3.05, 3.63) is 30.0 Å². The van der Waals surface area contributed by atoms with Gasteiger partial charge in [-0.05, 0) is 49.7 Å². The van der Waals surface area contributed by atoms with Crippen molar-refractivity contribution in [1.29, 1.82) is 0 Å². The Morgan fingerprint density at radius 3 is 2.60 bits per heavy atom. The summed E-state index contributed by atoms with van der Waals surface area (Å²) >= 11 is 0. The first-order chi connectivity index (χ1) is 8.74. The van der Waals surface area contributed by atoms with E-state index in [1.165, 1.54) is 6.08 Å². The second kappa shape index (κ2) is 9.58. The number of carbonyl (C=O) groups is 1. The molecular formula is C13H19Cl2N3O2. The molecule has 0 spiro atoms. The van der Waals surface area contributed by atoms with Crippen LogP contribution in [-0.2, 0) is 4.79 Å². The summed E-state index contributed by atoms with van der Waals surface area (Å²) in [5.74, 6) is -0.110. The Bertz CT molecular complexity index is 432. The molecule has 0 radical (unpaired) electrons. The number of hydrogen-bond acceptors (Lipinski definition) is 4. The number of piperidine rings is 1. The van der Waals surface area contributed by atoms with Gasteiger partial charge in [-0.3, -0.25) is 0 Å². The zero-order valence-electron chi connectivity index (χ0n) is 10.9. The molecule has 1 fully saturated rings. The summed E-state index contributed by atoms with van der Waals surface area (Å²) in [4.78, 5) is 14.7. The van der Waals surface area contributed by atoms with Crippen LogP contribution in [-0.4, -0.2) is 35.2 Å². The molecule has 0 amide bonds. The Morgan fingerprint density at radius 1 is 1.35 bits per heavy atom. The third-order valence-electron chi connectivity index (χ3n) is 2.90. The Labute approximate surface area is 130 Å². The number of halogens is 2. The molecule has 1 aromatic rings. The monoisotopic (exact) mass is 319 g/mol. The normalized spacial score (nSPS) is 15.2. The van der Waals surface area contributed by atoms with Gasteiger partial charge in [-0.25, -0.2) is 9.78 Å². The van der Waals surface area contributed by atoms with Crippen LogP contribution < -0.4 is 10.6 Å². The molecule has 0 aromatic carbocycles. The molecule has 0 atom stereocenters. The smallest absolute Gasteiger partial charge is 0.328 e. The van der Waals surface area contributed by atoms with Crippen LogP contribution in [0.2, 0.25) is 0 Å². The van der Waals surface area contributed by atoms with Gasteiger partial charge in [0, 0.05) is 18.3 Å². The number of nitrogens with one attached hydrogen (secondary N) is 2. The minimum atomic E-state index is -0.952. The van der Waals surface area contributed by atoms with Gasteiger partial charge >= 0.3 is 5.97 Å². The highest BCUT2D eigenvalue weighted by molar-refractivity contribution is 5.86. The third kappa shape index (κ3) is 6.23. The van der Waals surface area contributed by atoms with Crippen molar-refractivity contribution in [2.24, 2.45) is 0 Å². The second-order valence-electron chi connectivity index (χ2n) is 4.32. The lowest BCUT2D eigenvalue weighted by atomic mass is 10.1. The standard InChI is InChI=1S/C13H17N3O2.2ClH/c17-13(18)4-2-10-1-3-12(15-9-10)16-11-5-7-14-8-6-11;;/h1-4,9,11,14H,5-8H2,(H,15,16)(H,17,18);2*1H. The maximum Gasteiger partial charge on any atom is 0.328 e. The fraction of sp³-hybridized carbons (Fsp3) is 0.385. The van der Waals surface area contributed by atoms with Crippen molar-refractivity contribution in [3.63, 3.8) is 0 Å². The quantitative estimate of drug-likeness (QED) is 0.742. The number of aromatic nitrogens is 1. The average Bonchev–Trinajstić information content (AvgIpc) is 2.39. The van der Waals surface area contributed by atoms with E-state index >= 15 is 0 Å². The van der Waals surface area contributed by atoms with Crippen molar-refractivity contribution in [2.45, 2.75) is 18.9 Å². The van der Waals surface area contributed by atoms with Crippen molar-refractivity contribution >= 4 is 42.7 Å². The van der Waals surface area contributed by atoms with Gasteiger partial charge in [-0.2, -0.15) is 0 Å². The molecule has 1 aliphatic heterocycles. The molecule has 7 heteroatoms. The molecule has 2 rings (SSSR count). The first-order valence-electron chi connectivity index (χ1n) is 6.08. The predicted molar refractivity (Wildman–Crippen MR) is 84.9 cm³/mol. The fourth-order valence-electron chi connectivity index (χ4n) is 1.93. The zero-order valence-corrected chi connectivity index (χ0v) is 12.5. The van der Waals surface area contributed by atoms with Gasteiger partial charge in [0.15, 0.2) is 0 Å². The SMILES string of the molecule is Cl.Cl.O=C(O)C=Cc1ccc(NC2CCNCC2)nc1. The van der Waals surface area contributed by atoms with E-state index < -0.39 is 5.97 Å². The van der Waals surface area contributed by atoms with Gasteiger partial charge < -0.3 is 15.7 Å². The summed E-state index contributed by atoms with van der Waals surface area (Å²) in [6.07, 6.45) is 6.51. The number of aliphatic carboxylic acids is 1. The van der Waals surface area contributed by atoms with Crippen molar-refractivity contribution in [2.75, 3.05) is 18.4 Å². The van der Waals surface area contributed by atoms with E-state index in [-0.39, 0.29) is 24.8 Å². The van der Waals surface area contributed by atoms with E-state index in [1.54, 1.807) is 6.20 Å². The largest absolute Gasteiger partial charge is 0.478 e. The van der Waals surface area contributed by atoms with Crippen LogP contribution in [0.3, 0.4) is 0 Å². The summed E-state index contributed by atoms with van der Waals surface area (Å²) in [6, 6.07) is 4.21. The van der Waals surface area contributed by atoms with Gasteiger partial charge in [0.25, 0.3) is 0 Å². The summed E-state index contributed by atoms with van der Waals surface area (Å²) in [5, 5.41) is 15.2. The molecule has 0 saturated carbocycles. The van der Waals surface area contributed by atoms with Gasteiger partial charge in [0.2, 0.25) is 0 Å². The first-order valence-corrected chi connectivity index (χ1v) is 6.08. The molecule has 0 unspecified atom stereocenters. The lowest BCUT2D eigenvalue weighted by Crippen LogP contribution is -2.35. The number of carboxylic acids is 1. The van der Waals surface area contributed by atoms with E-state index in [1.807, 2.05) is 12.1 Å². The van der Waals surface area contributed by atoms with E-state index in [0.29, 0.717) is 6.04 Å². The molecule has 112 valence electrons. The van der Waals surface area contributed by atoms with Crippen LogP contribution in [0.4, 0.5) is 5.82 Å². The zero-order chi connectivity index (χ0) is 12.8. The van der Waals surface area contributed by atoms with Crippen LogP contribution in [0.15, 0.2) is 24.4 Å². The van der Waals surface area contributed by atoms with Crippen LogP contribution in [0.25, 0.3) is 6.08 Å². The van der Waals surface area contributed by atoms with Gasteiger partial charge in [0.1, 0.15) is 5.82 Å².